The molecule has 1 aliphatic carbocycles. The van der Waals surface area contributed by atoms with E-state index in [9.17, 15) is 5.11 Å². The predicted molar refractivity (Wildman–Crippen MR) is 63.1 cm³/mol. The van der Waals surface area contributed by atoms with Crippen molar-refractivity contribution >= 4 is 5.95 Å². The van der Waals surface area contributed by atoms with Crippen LogP contribution in [0.15, 0.2) is 18.5 Å². The maximum absolute atomic E-state index is 9.54. The quantitative estimate of drug-likeness (QED) is 0.814. The lowest BCUT2D eigenvalue weighted by Crippen LogP contribution is -2.35. The van der Waals surface area contributed by atoms with E-state index in [1.807, 2.05) is 0 Å². The standard InChI is InChI=1S/C12H19N3O/c16-10-12(5-2-1-3-6-12)9-15-11-13-7-4-8-14-11/h4,7-8,16H,1-3,5-6,9-10H2,(H,13,14,15). The van der Waals surface area contributed by atoms with Gasteiger partial charge < -0.3 is 10.4 Å². The Balaban J connectivity index is 1.92. The van der Waals surface area contributed by atoms with Gasteiger partial charge in [-0.2, -0.15) is 0 Å². The minimum absolute atomic E-state index is 0.0391. The molecule has 4 nitrogen and oxygen atoms in total. The molecule has 0 radical (unpaired) electrons. The van der Waals surface area contributed by atoms with Crippen molar-refractivity contribution in [2.24, 2.45) is 5.41 Å². The summed E-state index contributed by atoms with van der Waals surface area (Å²) in [6, 6.07) is 1.80. The van der Waals surface area contributed by atoms with Crippen molar-refractivity contribution < 1.29 is 5.11 Å². The summed E-state index contributed by atoms with van der Waals surface area (Å²) in [5.41, 5.74) is 0.0391. The van der Waals surface area contributed by atoms with Gasteiger partial charge in [-0.1, -0.05) is 19.3 Å². The first-order valence-corrected chi connectivity index (χ1v) is 5.96. The Kier molecular flexibility index (Phi) is 3.72. The van der Waals surface area contributed by atoms with Crippen LogP contribution in [-0.4, -0.2) is 28.2 Å². The Morgan fingerprint density at radius 2 is 1.88 bits per heavy atom. The van der Waals surface area contributed by atoms with Crippen molar-refractivity contribution in [1.29, 1.82) is 0 Å². The molecule has 0 amide bonds. The van der Waals surface area contributed by atoms with Crippen LogP contribution in [0.4, 0.5) is 5.95 Å². The van der Waals surface area contributed by atoms with Gasteiger partial charge in [-0.25, -0.2) is 9.97 Å². The molecule has 0 atom stereocenters. The fraction of sp³-hybridized carbons (Fsp3) is 0.667. The molecule has 0 unspecified atom stereocenters. The van der Waals surface area contributed by atoms with E-state index in [-0.39, 0.29) is 12.0 Å². The lowest BCUT2D eigenvalue weighted by molar-refractivity contribution is 0.0942. The second-order valence-corrected chi connectivity index (χ2v) is 4.64. The second kappa shape index (κ2) is 5.25. The van der Waals surface area contributed by atoms with E-state index in [4.69, 9.17) is 0 Å². The van der Waals surface area contributed by atoms with Gasteiger partial charge in [0.2, 0.25) is 5.95 Å². The first kappa shape index (κ1) is 11.3. The minimum atomic E-state index is 0.0391. The molecule has 0 bridgehead atoms. The zero-order chi connectivity index (χ0) is 11.3. The summed E-state index contributed by atoms with van der Waals surface area (Å²) in [7, 11) is 0. The Morgan fingerprint density at radius 1 is 1.19 bits per heavy atom. The van der Waals surface area contributed by atoms with Crippen molar-refractivity contribution in [2.45, 2.75) is 32.1 Å². The number of aromatic nitrogens is 2. The number of nitrogens with zero attached hydrogens (tertiary/aromatic N) is 2. The van der Waals surface area contributed by atoms with Gasteiger partial charge in [0.15, 0.2) is 0 Å². The largest absolute Gasteiger partial charge is 0.396 e. The summed E-state index contributed by atoms with van der Waals surface area (Å²) < 4.78 is 0. The summed E-state index contributed by atoms with van der Waals surface area (Å²) in [6.07, 6.45) is 9.38. The van der Waals surface area contributed by atoms with E-state index in [1.54, 1.807) is 18.5 Å². The maximum Gasteiger partial charge on any atom is 0.222 e. The summed E-state index contributed by atoms with van der Waals surface area (Å²) in [4.78, 5) is 8.25. The molecule has 0 aromatic carbocycles. The van der Waals surface area contributed by atoms with Gasteiger partial charge in [0.25, 0.3) is 0 Å². The van der Waals surface area contributed by atoms with E-state index >= 15 is 0 Å². The van der Waals surface area contributed by atoms with Crippen molar-refractivity contribution in [1.82, 2.24) is 9.97 Å². The topological polar surface area (TPSA) is 58.0 Å². The van der Waals surface area contributed by atoms with Crippen molar-refractivity contribution in [3.8, 4) is 0 Å². The minimum Gasteiger partial charge on any atom is -0.396 e. The number of aliphatic hydroxyl groups is 1. The van der Waals surface area contributed by atoms with E-state index in [0.29, 0.717) is 5.95 Å². The summed E-state index contributed by atoms with van der Waals surface area (Å²) >= 11 is 0. The summed E-state index contributed by atoms with van der Waals surface area (Å²) in [5.74, 6) is 0.654. The Labute approximate surface area is 96.1 Å². The molecule has 0 aliphatic heterocycles. The van der Waals surface area contributed by atoms with Crippen LogP contribution in [0.2, 0.25) is 0 Å². The zero-order valence-electron chi connectivity index (χ0n) is 9.52. The third kappa shape index (κ3) is 2.70. The molecule has 88 valence electrons. The van der Waals surface area contributed by atoms with Crippen LogP contribution < -0.4 is 5.32 Å². The van der Waals surface area contributed by atoms with Gasteiger partial charge in [0.1, 0.15) is 0 Å². The molecule has 2 rings (SSSR count). The van der Waals surface area contributed by atoms with Crippen molar-refractivity contribution in [3.63, 3.8) is 0 Å². The third-order valence-electron chi connectivity index (χ3n) is 3.44. The number of nitrogens with one attached hydrogen (secondary N) is 1. The Bertz CT molecular complexity index is 309. The van der Waals surface area contributed by atoms with Crippen molar-refractivity contribution in [3.05, 3.63) is 18.5 Å². The van der Waals surface area contributed by atoms with Crippen LogP contribution in [0.3, 0.4) is 0 Å². The van der Waals surface area contributed by atoms with E-state index in [0.717, 1.165) is 19.4 Å². The highest BCUT2D eigenvalue weighted by Gasteiger charge is 2.31. The van der Waals surface area contributed by atoms with Crippen LogP contribution in [0.1, 0.15) is 32.1 Å². The molecule has 1 saturated carbocycles. The molecule has 16 heavy (non-hydrogen) atoms. The highest BCUT2D eigenvalue weighted by atomic mass is 16.3. The van der Waals surface area contributed by atoms with Gasteiger partial charge in [-0.3, -0.25) is 0 Å². The molecule has 4 heteroatoms. The number of hydrogen-bond acceptors (Lipinski definition) is 4. The average molecular weight is 221 g/mol. The Hall–Kier alpha value is -1.16. The van der Waals surface area contributed by atoms with E-state index in [2.05, 4.69) is 15.3 Å². The predicted octanol–water partition coefficient (Wildman–Crippen LogP) is 1.83. The van der Waals surface area contributed by atoms with Gasteiger partial charge in [-0.15, -0.1) is 0 Å². The lowest BCUT2D eigenvalue weighted by atomic mass is 9.74. The number of anilines is 1. The SMILES string of the molecule is OCC1(CNc2ncccn2)CCCCC1. The van der Waals surface area contributed by atoms with Crippen LogP contribution >= 0.6 is 0 Å². The molecular weight excluding hydrogens is 202 g/mol. The van der Waals surface area contributed by atoms with Gasteiger partial charge in [0, 0.05) is 24.4 Å². The molecular formula is C12H19N3O. The third-order valence-corrected chi connectivity index (χ3v) is 3.44. The number of hydrogen-bond donors (Lipinski definition) is 2. The van der Waals surface area contributed by atoms with E-state index < -0.39 is 0 Å². The molecule has 1 aromatic heterocycles. The molecule has 1 aliphatic rings. The summed E-state index contributed by atoms with van der Waals surface area (Å²) in [6.45, 7) is 1.03. The first-order valence-electron chi connectivity index (χ1n) is 5.96. The number of aliphatic hydroxyl groups excluding tert-OH is 1. The van der Waals surface area contributed by atoms with Gasteiger partial charge in [-0.05, 0) is 18.9 Å². The molecule has 0 spiro atoms. The fourth-order valence-electron chi connectivity index (χ4n) is 2.35. The highest BCUT2D eigenvalue weighted by Crippen LogP contribution is 2.35. The maximum atomic E-state index is 9.54. The summed E-state index contributed by atoms with van der Waals surface area (Å²) in [5, 5.41) is 12.8. The smallest absolute Gasteiger partial charge is 0.222 e. The fourth-order valence-corrected chi connectivity index (χ4v) is 2.35. The molecule has 1 aromatic rings. The Morgan fingerprint density at radius 3 is 2.50 bits per heavy atom. The van der Waals surface area contributed by atoms with Gasteiger partial charge >= 0.3 is 0 Å². The van der Waals surface area contributed by atoms with Crippen LogP contribution in [-0.2, 0) is 0 Å². The number of rotatable bonds is 4. The van der Waals surface area contributed by atoms with E-state index in [1.165, 1.54) is 19.3 Å². The average Bonchev–Trinajstić information content (AvgIpc) is 2.39. The monoisotopic (exact) mass is 221 g/mol. The van der Waals surface area contributed by atoms with Crippen LogP contribution in [0.5, 0.6) is 0 Å². The second-order valence-electron chi connectivity index (χ2n) is 4.64. The van der Waals surface area contributed by atoms with Gasteiger partial charge in [0.05, 0.1) is 6.61 Å². The molecule has 1 fully saturated rings. The molecule has 2 N–H and O–H groups in total. The normalized spacial score (nSPS) is 19.3. The zero-order valence-corrected chi connectivity index (χ0v) is 9.52. The first-order chi connectivity index (χ1) is 7.85. The lowest BCUT2D eigenvalue weighted by Gasteiger charge is -2.35. The van der Waals surface area contributed by atoms with Crippen molar-refractivity contribution in [2.75, 3.05) is 18.5 Å². The molecule has 1 heterocycles. The van der Waals surface area contributed by atoms with Crippen LogP contribution in [0, 0.1) is 5.41 Å². The molecule has 0 saturated heterocycles. The van der Waals surface area contributed by atoms with Crippen LogP contribution in [0.25, 0.3) is 0 Å². The highest BCUT2D eigenvalue weighted by molar-refractivity contribution is 5.22.